The molecule has 0 aromatic carbocycles. The summed E-state index contributed by atoms with van der Waals surface area (Å²) in [5.41, 5.74) is 6.34. The molecule has 17 heavy (non-hydrogen) atoms. The number of nitrogens with zero attached hydrogens (tertiary/aromatic N) is 4. The van der Waals surface area contributed by atoms with Gasteiger partial charge in [0, 0.05) is 12.4 Å². The van der Waals surface area contributed by atoms with Gasteiger partial charge in [0.15, 0.2) is 11.2 Å². The van der Waals surface area contributed by atoms with Gasteiger partial charge in [-0.25, -0.2) is 0 Å². The van der Waals surface area contributed by atoms with Gasteiger partial charge < -0.3 is 10.9 Å². The summed E-state index contributed by atoms with van der Waals surface area (Å²) in [5.74, 6) is 0. The number of nitrogen functional groups attached to an aromatic ring is 1. The maximum atomic E-state index is 9.28. The summed E-state index contributed by atoms with van der Waals surface area (Å²) in [4.78, 5) is 3.87. The van der Waals surface area contributed by atoms with Gasteiger partial charge in [0.05, 0.1) is 11.9 Å². The Bertz CT molecular complexity index is 604. The molecule has 4 N–H and O–H groups in total. The third-order valence-corrected chi connectivity index (χ3v) is 2.03. The predicted molar refractivity (Wildman–Crippen MR) is 60.3 cm³/mol. The van der Waals surface area contributed by atoms with Gasteiger partial charge in [-0.05, 0) is 18.2 Å². The van der Waals surface area contributed by atoms with Crippen LogP contribution in [-0.4, -0.2) is 14.9 Å². The van der Waals surface area contributed by atoms with Gasteiger partial charge in [-0.3, -0.25) is 10.4 Å². The van der Waals surface area contributed by atoms with Crippen LogP contribution in [0.1, 0.15) is 0 Å². The van der Waals surface area contributed by atoms with E-state index in [4.69, 9.17) is 11.1 Å². The standard InChI is InChI=1S/C10H10N6O/c11-8-3-5-16(17)10(12)9(8)15-14-7-2-1-4-13-6-7/h1-6,12,17H,11H2. The lowest BCUT2D eigenvalue weighted by molar-refractivity contribution is 0.171. The molecule has 0 aliphatic heterocycles. The second-order valence-electron chi connectivity index (χ2n) is 3.22. The molecule has 0 spiro atoms. The summed E-state index contributed by atoms with van der Waals surface area (Å²) < 4.78 is 0.619. The van der Waals surface area contributed by atoms with E-state index in [0.29, 0.717) is 10.4 Å². The lowest BCUT2D eigenvalue weighted by Crippen LogP contribution is -2.17. The zero-order chi connectivity index (χ0) is 12.3. The summed E-state index contributed by atoms with van der Waals surface area (Å²) in [5, 5.41) is 24.6. The van der Waals surface area contributed by atoms with Crippen LogP contribution >= 0.6 is 0 Å². The van der Waals surface area contributed by atoms with Crippen LogP contribution in [0, 0.1) is 5.41 Å². The van der Waals surface area contributed by atoms with Crippen LogP contribution in [0.15, 0.2) is 47.0 Å². The summed E-state index contributed by atoms with van der Waals surface area (Å²) in [6.45, 7) is 0. The first-order chi connectivity index (χ1) is 8.18. The second kappa shape index (κ2) is 4.44. The molecule has 0 saturated carbocycles. The molecule has 2 aromatic heterocycles. The van der Waals surface area contributed by atoms with Crippen molar-refractivity contribution in [1.82, 2.24) is 9.71 Å². The van der Waals surface area contributed by atoms with E-state index in [9.17, 15) is 5.21 Å². The number of azo groups is 1. The molecule has 2 rings (SSSR count). The highest BCUT2D eigenvalue weighted by Crippen LogP contribution is 2.18. The Balaban J connectivity index is 2.40. The number of aromatic nitrogens is 2. The lowest BCUT2D eigenvalue weighted by atomic mass is 10.3. The average molecular weight is 230 g/mol. The highest BCUT2D eigenvalue weighted by molar-refractivity contribution is 5.59. The number of rotatable bonds is 2. The van der Waals surface area contributed by atoms with E-state index in [2.05, 4.69) is 15.2 Å². The van der Waals surface area contributed by atoms with Crippen molar-refractivity contribution in [2.24, 2.45) is 10.2 Å². The molecule has 0 amide bonds. The van der Waals surface area contributed by atoms with Crippen molar-refractivity contribution in [2.75, 3.05) is 5.73 Å². The fourth-order valence-electron chi connectivity index (χ4n) is 1.18. The second-order valence-corrected chi connectivity index (χ2v) is 3.22. The molecule has 0 bridgehead atoms. The average Bonchev–Trinajstić information content (AvgIpc) is 2.35. The van der Waals surface area contributed by atoms with Crippen LogP contribution in [0.4, 0.5) is 17.1 Å². The van der Waals surface area contributed by atoms with Crippen LogP contribution in [0.5, 0.6) is 0 Å². The maximum absolute atomic E-state index is 9.28. The lowest BCUT2D eigenvalue weighted by Gasteiger charge is -2.01. The highest BCUT2D eigenvalue weighted by Gasteiger charge is 2.03. The summed E-state index contributed by atoms with van der Waals surface area (Å²) >= 11 is 0. The Morgan fingerprint density at radius 1 is 1.35 bits per heavy atom. The summed E-state index contributed by atoms with van der Waals surface area (Å²) in [6, 6.07) is 4.87. The number of nitrogens with one attached hydrogen (secondary N) is 1. The molecular weight excluding hydrogens is 220 g/mol. The van der Waals surface area contributed by atoms with E-state index in [1.165, 1.54) is 18.5 Å². The fourth-order valence-corrected chi connectivity index (χ4v) is 1.18. The predicted octanol–water partition coefficient (Wildman–Crippen LogP) is 1.60. The molecule has 0 unspecified atom stereocenters. The van der Waals surface area contributed by atoms with Crippen LogP contribution in [-0.2, 0) is 0 Å². The Morgan fingerprint density at radius 3 is 2.88 bits per heavy atom. The van der Waals surface area contributed by atoms with Crippen molar-refractivity contribution in [1.29, 1.82) is 5.41 Å². The van der Waals surface area contributed by atoms with Crippen molar-refractivity contribution >= 4 is 17.1 Å². The number of hydrogen-bond donors (Lipinski definition) is 3. The minimum Gasteiger partial charge on any atom is -0.427 e. The van der Waals surface area contributed by atoms with Gasteiger partial charge in [0.25, 0.3) is 0 Å². The van der Waals surface area contributed by atoms with Gasteiger partial charge in [-0.15, -0.1) is 10.2 Å². The molecule has 0 radical (unpaired) electrons. The van der Waals surface area contributed by atoms with E-state index in [0.717, 1.165) is 0 Å². The van der Waals surface area contributed by atoms with E-state index in [1.54, 1.807) is 18.3 Å². The molecule has 0 aliphatic carbocycles. The van der Waals surface area contributed by atoms with Crippen LogP contribution in [0.3, 0.4) is 0 Å². The zero-order valence-electron chi connectivity index (χ0n) is 8.78. The zero-order valence-corrected chi connectivity index (χ0v) is 8.78. The summed E-state index contributed by atoms with van der Waals surface area (Å²) in [6.07, 6.45) is 4.41. The van der Waals surface area contributed by atoms with Crippen molar-refractivity contribution in [3.05, 3.63) is 42.3 Å². The third kappa shape index (κ3) is 2.28. The normalized spacial score (nSPS) is 10.8. The summed E-state index contributed by atoms with van der Waals surface area (Å²) in [7, 11) is 0. The molecule has 7 heteroatoms. The first-order valence-corrected chi connectivity index (χ1v) is 4.75. The Kier molecular flexibility index (Phi) is 2.82. The molecular formula is C10H10N6O. The highest BCUT2D eigenvalue weighted by atomic mass is 16.5. The van der Waals surface area contributed by atoms with Crippen LogP contribution in [0.2, 0.25) is 0 Å². The smallest absolute Gasteiger partial charge is 0.190 e. The molecule has 2 aromatic rings. The number of anilines is 1. The number of hydrogen-bond acceptors (Lipinski definition) is 6. The number of pyridine rings is 2. The number of nitrogens with two attached hydrogens (primary N) is 1. The van der Waals surface area contributed by atoms with E-state index in [1.807, 2.05) is 0 Å². The van der Waals surface area contributed by atoms with Gasteiger partial charge in [0.2, 0.25) is 0 Å². The van der Waals surface area contributed by atoms with Gasteiger partial charge >= 0.3 is 0 Å². The largest absolute Gasteiger partial charge is 0.427 e. The van der Waals surface area contributed by atoms with E-state index in [-0.39, 0.29) is 16.9 Å². The van der Waals surface area contributed by atoms with Crippen LogP contribution in [0.25, 0.3) is 0 Å². The molecule has 7 nitrogen and oxygen atoms in total. The van der Waals surface area contributed by atoms with Gasteiger partial charge in [-0.2, -0.15) is 4.73 Å². The first kappa shape index (κ1) is 10.8. The maximum Gasteiger partial charge on any atom is 0.190 e. The molecule has 0 atom stereocenters. The molecule has 0 saturated heterocycles. The quantitative estimate of drug-likeness (QED) is 0.537. The Labute approximate surface area is 96.4 Å². The molecule has 0 fully saturated rings. The topological polar surface area (TPSA) is 113 Å². The Morgan fingerprint density at radius 2 is 2.18 bits per heavy atom. The fraction of sp³-hybridized carbons (Fsp3) is 0. The first-order valence-electron chi connectivity index (χ1n) is 4.75. The van der Waals surface area contributed by atoms with Crippen molar-refractivity contribution in [3.8, 4) is 0 Å². The molecule has 2 heterocycles. The van der Waals surface area contributed by atoms with Gasteiger partial charge in [0.1, 0.15) is 5.69 Å². The van der Waals surface area contributed by atoms with Gasteiger partial charge in [-0.1, -0.05) is 0 Å². The minimum absolute atomic E-state index is 0.110. The van der Waals surface area contributed by atoms with E-state index >= 15 is 0 Å². The Hall–Kier alpha value is -2.70. The SMILES string of the molecule is N=c1c(N=Nc2cccnc2)c(N)ccn1O. The van der Waals surface area contributed by atoms with Crippen molar-refractivity contribution in [3.63, 3.8) is 0 Å². The minimum atomic E-state index is -0.224. The van der Waals surface area contributed by atoms with Crippen molar-refractivity contribution < 1.29 is 5.21 Å². The van der Waals surface area contributed by atoms with Crippen LogP contribution < -0.4 is 11.2 Å². The third-order valence-electron chi connectivity index (χ3n) is 2.03. The van der Waals surface area contributed by atoms with Crippen molar-refractivity contribution in [2.45, 2.75) is 0 Å². The monoisotopic (exact) mass is 230 g/mol. The molecule has 86 valence electrons. The van der Waals surface area contributed by atoms with E-state index < -0.39 is 0 Å². The molecule has 0 aliphatic rings.